The van der Waals surface area contributed by atoms with E-state index in [1.807, 2.05) is 32.5 Å². The van der Waals surface area contributed by atoms with Gasteiger partial charge in [0.25, 0.3) is 0 Å². The Hall–Kier alpha value is -1.85. The standard InChI is InChI=1S/C13H20N4O2/c1-7-12(8(2)16(4)15-7)9(3)17-6-10(13(14)19)5-11(17)18/h9-10H,5-6H2,1-4H3,(H2,14,19). The monoisotopic (exact) mass is 264 g/mol. The topological polar surface area (TPSA) is 81.2 Å². The van der Waals surface area contributed by atoms with Crippen LogP contribution in [0.5, 0.6) is 0 Å². The van der Waals surface area contributed by atoms with Crippen molar-refractivity contribution in [2.75, 3.05) is 6.54 Å². The van der Waals surface area contributed by atoms with E-state index in [-0.39, 0.29) is 24.3 Å². The minimum Gasteiger partial charge on any atom is -0.369 e. The van der Waals surface area contributed by atoms with Crippen molar-refractivity contribution in [3.63, 3.8) is 0 Å². The lowest BCUT2D eigenvalue weighted by Gasteiger charge is -2.25. The molecule has 19 heavy (non-hydrogen) atoms. The predicted octanol–water partition coefficient (Wildman–Crippen LogP) is 0.432. The molecule has 1 aromatic rings. The highest BCUT2D eigenvalue weighted by atomic mass is 16.2. The summed E-state index contributed by atoms with van der Waals surface area (Å²) in [6, 6.07) is -0.0782. The van der Waals surface area contributed by atoms with Crippen molar-refractivity contribution in [3.8, 4) is 0 Å². The minimum absolute atomic E-state index is 0.0149. The molecule has 1 saturated heterocycles. The van der Waals surface area contributed by atoms with Crippen molar-refractivity contribution in [3.05, 3.63) is 17.0 Å². The molecule has 0 bridgehead atoms. The normalized spacial score (nSPS) is 20.9. The third kappa shape index (κ3) is 2.22. The quantitative estimate of drug-likeness (QED) is 0.859. The fourth-order valence-electron chi connectivity index (χ4n) is 2.85. The zero-order valence-electron chi connectivity index (χ0n) is 11.8. The predicted molar refractivity (Wildman–Crippen MR) is 70.1 cm³/mol. The smallest absolute Gasteiger partial charge is 0.223 e. The maximum Gasteiger partial charge on any atom is 0.223 e. The van der Waals surface area contributed by atoms with Crippen LogP contribution in [0.2, 0.25) is 0 Å². The SMILES string of the molecule is Cc1nn(C)c(C)c1C(C)N1CC(C(N)=O)CC1=O. The maximum atomic E-state index is 12.0. The number of amides is 2. The molecule has 6 nitrogen and oxygen atoms in total. The second-order valence-electron chi connectivity index (χ2n) is 5.23. The molecule has 2 heterocycles. The van der Waals surface area contributed by atoms with Gasteiger partial charge in [-0.2, -0.15) is 5.10 Å². The first-order valence-corrected chi connectivity index (χ1v) is 6.41. The van der Waals surface area contributed by atoms with Gasteiger partial charge in [0.1, 0.15) is 0 Å². The van der Waals surface area contributed by atoms with Crippen molar-refractivity contribution in [1.82, 2.24) is 14.7 Å². The number of nitrogens with two attached hydrogens (primary N) is 1. The van der Waals surface area contributed by atoms with Crippen LogP contribution < -0.4 is 5.73 Å². The van der Waals surface area contributed by atoms with Gasteiger partial charge in [0, 0.05) is 31.3 Å². The molecule has 6 heteroatoms. The Balaban J connectivity index is 2.27. The van der Waals surface area contributed by atoms with Gasteiger partial charge in [-0.1, -0.05) is 0 Å². The van der Waals surface area contributed by atoms with E-state index in [4.69, 9.17) is 5.73 Å². The molecule has 2 rings (SSSR count). The molecule has 1 aromatic heterocycles. The maximum absolute atomic E-state index is 12.0. The molecule has 1 fully saturated rings. The molecule has 2 amide bonds. The second kappa shape index (κ2) is 4.68. The molecular formula is C13H20N4O2. The Bertz CT molecular complexity index is 535. The molecule has 0 spiro atoms. The Morgan fingerprint density at radius 1 is 1.47 bits per heavy atom. The van der Waals surface area contributed by atoms with Crippen LogP contribution in [0.4, 0.5) is 0 Å². The van der Waals surface area contributed by atoms with Gasteiger partial charge < -0.3 is 10.6 Å². The van der Waals surface area contributed by atoms with E-state index in [1.165, 1.54) is 0 Å². The number of nitrogens with zero attached hydrogens (tertiary/aromatic N) is 3. The molecule has 2 unspecified atom stereocenters. The number of likely N-dealkylation sites (tertiary alicyclic amines) is 1. The van der Waals surface area contributed by atoms with Crippen LogP contribution in [0, 0.1) is 19.8 Å². The Kier molecular flexibility index (Phi) is 3.34. The van der Waals surface area contributed by atoms with E-state index in [9.17, 15) is 9.59 Å². The fraction of sp³-hybridized carbons (Fsp3) is 0.615. The van der Waals surface area contributed by atoms with Gasteiger partial charge in [0.15, 0.2) is 0 Å². The summed E-state index contributed by atoms with van der Waals surface area (Å²) < 4.78 is 1.81. The average Bonchev–Trinajstić information content (AvgIpc) is 2.81. The molecule has 1 aliphatic rings. The number of rotatable bonds is 3. The lowest BCUT2D eigenvalue weighted by molar-refractivity contribution is -0.130. The van der Waals surface area contributed by atoms with E-state index in [2.05, 4.69) is 5.10 Å². The van der Waals surface area contributed by atoms with E-state index in [0.717, 1.165) is 17.0 Å². The van der Waals surface area contributed by atoms with Crippen molar-refractivity contribution >= 4 is 11.8 Å². The van der Waals surface area contributed by atoms with Crippen molar-refractivity contribution < 1.29 is 9.59 Å². The van der Waals surface area contributed by atoms with E-state index < -0.39 is 5.91 Å². The number of hydrogen-bond donors (Lipinski definition) is 1. The first kappa shape index (κ1) is 13.6. The van der Waals surface area contributed by atoms with E-state index in [1.54, 1.807) is 4.90 Å². The van der Waals surface area contributed by atoms with Gasteiger partial charge >= 0.3 is 0 Å². The van der Waals surface area contributed by atoms with Crippen LogP contribution in [0.15, 0.2) is 0 Å². The molecule has 2 N–H and O–H groups in total. The Morgan fingerprint density at radius 3 is 2.53 bits per heavy atom. The molecule has 104 valence electrons. The number of aromatic nitrogens is 2. The number of primary amides is 1. The molecule has 0 aliphatic carbocycles. The van der Waals surface area contributed by atoms with Crippen molar-refractivity contribution in [2.45, 2.75) is 33.2 Å². The van der Waals surface area contributed by atoms with E-state index in [0.29, 0.717) is 6.54 Å². The fourth-order valence-corrected chi connectivity index (χ4v) is 2.85. The average molecular weight is 264 g/mol. The van der Waals surface area contributed by atoms with Crippen LogP contribution in [0.1, 0.15) is 36.3 Å². The second-order valence-corrected chi connectivity index (χ2v) is 5.23. The number of hydrogen-bond acceptors (Lipinski definition) is 3. The van der Waals surface area contributed by atoms with E-state index >= 15 is 0 Å². The zero-order valence-corrected chi connectivity index (χ0v) is 11.8. The first-order chi connectivity index (χ1) is 8.82. The summed E-state index contributed by atoms with van der Waals surface area (Å²) in [7, 11) is 1.89. The summed E-state index contributed by atoms with van der Waals surface area (Å²) in [6.45, 7) is 6.30. The summed E-state index contributed by atoms with van der Waals surface area (Å²) in [5, 5.41) is 4.37. The number of carbonyl (C=O) groups is 2. The molecule has 0 saturated carbocycles. The summed E-state index contributed by atoms with van der Waals surface area (Å²) in [5.41, 5.74) is 8.31. The third-order valence-corrected chi connectivity index (χ3v) is 4.01. The van der Waals surface area contributed by atoms with Crippen LogP contribution in [0.3, 0.4) is 0 Å². The molecule has 0 aromatic carbocycles. The van der Waals surface area contributed by atoms with Crippen molar-refractivity contribution in [1.29, 1.82) is 0 Å². The summed E-state index contributed by atoms with van der Waals surface area (Å²) in [5.74, 6) is -0.783. The molecule has 1 aliphatic heterocycles. The van der Waals surface area contributed by atoms with Gasteiger partial charge in [-0.05, 0) is 20.8 Å². The first-order valence-electron chi connectivity index (χ1n) is 6.41. The summed E-state index contributed by atoms with van der Waals surface area (Å²) in [4.78, 5) is 25.0. The lowest BCUT2D eigenvalue weighted by Crippen LogP contribution is -2.31. The highest BCUT2D eigenvalue weighted by Gasteiger charge is 2.37. The van der Waals surface area contributed by atoms with Crippen LogP contribution in [0.25, 0.3) is 0 Å². The minimum atomic E-state index is -0.400. The molecule has 0 radical (unpaired) electrons. The highest BCUT2D eigenvalue weighted by molar-refractivity contribution is 5.88. The van der Waals surface area contributed by atoms with Gasteiger partial charge in [0.2, 0.25) is 11.8 Å². The number of aryl methyl sites for hydroxylation is 2. The van der Waals surface area contributed by atoms with Gasteiger partial charge in [-0.15, -0.1) is 0 Å². The zero-order chi connectivity index (χ0) is 14.3. The van der Waals surface area contributed by atoms with Gasteiger partial charge in [0.05, 0.1) is 17.7 Å². The molecule has 2 atom stereocenters. The van der Waals surface area contributed by atoms with Crippen LogP contribution in [-0.2, 0) is 16.6 Å². The lowest BCUT2D eigenvalue weighted by atomic mass is 10.1. The van der Waals surface area contributed by atoms with Crippen molar-refractivity contribution in [2.24, 2.45) is 18.7 Å². The van der Waals surface area contributed by atoms with Gasteiger partial charge in [-0.25, -0.2) is 0 Å². The highest BCUT2D eigenvalue weighted by Crippen LogP contribution is 2.31. The molecular weight excluding hydrogens is 244 g/mol. The number of carbonyl (C=O) groups excluding carboxylic acids is 2. The summed E-state index contributed by atoms with van der Waals surface area (Å²) in [6.07, 6.45) is 0.220. The van der Waals surface area contributed by atoms with Crippen LogP contribution in [-0.4, -0.2) is 33.0 Å². The third-order valence-electron chi connectivity index (χ3n) is 4.01. The Labute approximate surface area is 112 Å². The Morgan fingerprint density at radius 2 is 2.11 bits per heavy atom. The van der Waals surface area contributed by atoms with Gasteiger partial charge in [-0.3, -0.25) is 14.3 Å². The largest absolute Gasteiger partial charge is 0.369 e. The summed E-state index contributed by atoms with van der Waals surface area (Å²) >= 11 is 0. The van der Waals surface area contributed by atoms with Crippen LogP contribution >= 0.6 is 0 Å².